The monoisotopic (exact) mass is 341 g/mol. The van der Waals surface area contributed by atoms with E-state index in [0.29, 0.717) is 10.6 Å². The van der Waals surface area contributed by atoms with Crippen LogP contribution in [0, 0.1) is 0 Å². The van der Waals surface area contributed by atoms with E-state index in [1.807, 2.05) is 0 Å². The van der Waals surface area contributed by atoms with E-state index in [9.17, 15) is 14.4 Å². The molecule has 0 saturated carbocycles. The van der Waals surface area contributed by atoms with Gasteiger partial charge < -0.3 is 14.8 Å². The SMILES string of the molecule is CCOC(=O)C(Cc1cccc(Cl)c1)(NC(C)=O)C(=O)OCC. The van der Waals surface area contributed by atoms with E-state index >= 15 is 0 Å². The lowest BCUT2D eigenvalue weighted by atomic mass is 9.90. The molecule has 23 heavy (non-hydrogen) atoms. The first kappa shape index (κ1) is 19.0. The van der Waals surface area contributed by atoms with Crippen molar-refractivity contribution >= 4 is 29.4 Å². The van der Waals surface area contributed by atoms with Gasteiger partial charge in [-0.3, -0.25) is 4.79 Å². The van der Waals surface area contributed by atoms with Gasteiger partial charge in [0.2, 0.25) is 11.4 Å². The number of hydrogen-bond acceptors (Lipinski definition) is 5. The second kappa shape index (κ2) is 8.53. The summed E-state index contributed by atoms with van der Waals surface area (Å²) >= 11 is 5.94. The highest BCUT2D eigenvalue weighted by molar-refractivity contribution is 6.30. The summed E-state index contributed by atoms with van der Waals surface area (Å²) in [5.41, 5.74) is -1.35. The predicted molar refractivity (Wildman–Crippen MR) is 85.0 cm³/mol. The van der Waals surface area contributed by atoms with Gasteiger partial charge >= 0.3 is 11.9 Å². The van der Waals surface area contributed by atoms with Gasteiger partial charge in [0.25, 0.3) is 0 Å². The average Bonchev–Trinajstić information content (AvgIpc) is 2.46. The highest BCUT2D eigenvalue weighted by atomic mass is 35.5. The fourth-order valence-electron chi connectivity index (χ4n) is 2.14. The van der Waals surface area contributed by atoms with E-state index in [4.69, 9.17) is 21.1 Å². The van der Waals surface area contributed by atoms with Gasteiger partial charge in [-0.2, -0.15) is 0 Å². The quantitative estimate of drug-likeness (QED) is 0.605. The van der Waals surface area contributed by atoms with Crippen molar-refractivity contribution in [2.24, 2.45) is 0 Å². The van der Waals surface area contributed by atoms with Gasteiger partial charge in [0, 0.05) is 18.4 Å². The highest BCUT2D eigenvalue weighted by Gasteiger charge is 2.50. The van der Waals surface area contributed by atoms with Crippen molar-refractivity contribution in [3.8, 4) is 0 Å². The zero-order valence-electron chi connectivity index (χ0n) is 13.3. The summed E-state index contributed by atoms with van der Waals surface area (Å²) in [5, 5.41) is 2.85. The molecule has 0 bridgehead atoms. The highest BCUT2D eigenvalue weighted by Crippen LogP contribution is 2.21. The van der Waals surface area contributed by atoms with Crippen molar-refractivity contribution in [3.05, 3.63) is 34.9 Å². The summed E-state index contributed by atoms with van der Waals surface area (Å²) in [7, 11) is 0. The number of esters is 2. The molecule has 0 radical (unpaired) electrons. The number of hydrogen-bond donors (Lipinski definition) is 1. The van der Waals surface area contributed by atoms with Crippen molar-refractivity contribution in [2.45, 2.75) is 32.7 Å². The first-order valence-corrected chi connectivity index (χ1v) is 7.61. The van der Waals surface area contributed by atoms with E-state index in [1.54, 1.807) is 38.1 Å². The maximum Gasteiger partial charge on any atom is 0.344 e. The van der Waals surface area contributed by atoms with Crippen LogP contribution in [0.15, 0.2) is 24.3 Å². The van der Waals surface area contributed by atoms with Crippen molar-refractivity contribution in [1.29, 1.82) is 0 Å². The summed E-state index contributed by atoms with van der Waals surface area (Å²) in [6.07, 6.45) is -0.120. The minimum atomic E-state index is -1.94. The van der Waals surface area contributed by atoms with Crippen molar-refractivity contribution in [1.82, 2.24) is 5.32 Å². The second-order valence-electron chi connectivity index (χ2n) is 4.83. The molecule has 0 spiro atoms. The number of nitrogens with one attached hydrogen (secondary N) is 1. The molecule has 0 aromatic heterocycles. The smallest absolute Gasteiger partial charge is 0.344 e. The number of amides is 1. The fourth-order valence-corrected chi connectivity index (χ4v) is 2.35. The van der Waals surface area contributed by atoms with E-state index < -0.39 is 23.4 Å². The molecule has 0 unspecified atom stereocenters. The molecular weight excluding hydrogens is 322 g/mol. The zero-order chi connectivity index (χ0) is 17.5. The largest absolute Gasteiger partial charge is 0.464 e. The van der Waals surface area contributed by atoms with E-state index in [1.165, 1.54) is 6.92 Å². The van der Waals surface area contributed by atoms with Crippen molar-refractivity contribution < 1.29 is 23.9 Å². The third-order valence-corrected chi connectivity index (χ3v) is 3.23. The lowest BCUT2D eigenvalue weighted by Gasteiger charge is -2.29. The molecule has 126 valence electrons. The Hall–Kier alpha value is -2.08. The maximum atomic E-state index is 12.4. The second-order valence-corrected chi connectivity index (χ2v) is 5.27. The molecule has 0 aliphatic carbocycles. The summed E-state index contributed by atoms with van der Waals surface area (Å²) in [5.74, 6) is -2.28. The van der Waals surface area contributed by atoms with Crippen LogP contribution in [0.4, 0.5) is 0 Å². The van der Waals surface area contributed by atoms with Gasteiger partial charge in [-0.1, -0.05) is 23.7 Å². The standard InChI is InChI=1S/C16H20ClNO5/c1-4-22-14(20)16(18-11(3)19,15(21)23-5-2)10-12-7-6-8-13(17)9-12/h6-9H,4-5,10H2,1-3H3,(H,18,19). The minimum Gasteiger partial charge on any atom is -0.464 e. The third kappa shape index (κ3) is 4.96. The first-order chi connectivity index (χ1) is 10.9. The summed E-state index contributed by atoms with van der Waals surface area (Å²) in [4.78, 5) is 36.5. The topological polar surface area (TPSA) is 81.7 Å². The number of halogens is 1. The van der Waals surface area contributed by atoms with E-state index in [-0.39, 0.29) is 19.6 Å². The summed E-state index contributed by atoms with van der Waals surface area (Å²) in [6.45, 7) is 4.57. The van der Waals surface area contributed by atoms with Gasteiger partial charge in [0.1, 0.15) is 0 Å². The molecule has 6 nitrogen and oxygen atoms in total. The summed E-state index contributed by atoms with van der Waals surface area (Å²) < 4.78 is 9.98. The molecule has 0 saturated heterocycles. The molecule has 0 heterocycles. The Kier molecular flexibility index (Phi) is 7.03. The Labute approximate surface area is 140 Å². The number of carbonyl (C=O) groups is 3. The van der Waals surface area contributed by atoms with Gasteiger partial charge in [0.05, 0.1) is 13.2 Å². The number of benzene rings is 1. The van der Waals surface area contributed by atoms with E-state index in [0.717, 1.165) is 0 Å². The van der Waals surface area contributed by atoms with Gasteiger partial charge in [-0.05, 0) is 31.5 Å². The third-order valence-electron chi connectivity index (χ3n) is 3.00. The first-order valence-electron chi connectivity index (χ1n) is 7.23. The normalized spacial score (nSPS) is 10.8. The number of rotatable bonds is 7. The molecule has 0 aliphatic rings. The number of carbonyl (C=O) groups excluding carboxylic acids is 3. The van der Waals surface area contributed by atoms with Gasteiger partial charge in [-0.15, -0.1) is 0 Å². The molecular formula is C16H20ClNO5. The Morgan fingerprint density at radius 1 is 1.13 bits per heavy atom. The van der Waals surface area contributed by atoms with E-state index in [2.05, 4.69) is 5.32 Å². The molecule has 0 fully saturated rings. The summed E-state index contributed by atoms with van der Waals surface area (Å²) in [6, 6.07) is 6.66. The molecule has 7 heteroatoms. The zero-order valence-corrected chi connectivity index (χ0v) is 14.1. The lowest BCUT2D eigenvalue weighted by Crippen LogP contribution is -2.62. The van der Waals surface area contributed by atoms with Gasteiger partial charge in [-0.25, -0.2) is 9.59 Å². The van der Waals surface area contributed by atoms with Crippen LogP contribution in [0.2, 0.25) is 5.02 Å². The number of ether oxygens (including phenoxy) is 2. The minimum absolute atomic E-state index is 0.0646. The van der Waals surface area contributed by atoms with Crippen LogP contribution in [0.3, 0.4) is 0 Å². The molecule has 0 aliphatic heterocycles. The van der Waals surface area contributed by atoms with Crippen molar-refractivity contribution in [2.75, 3.05) is 13.2 Å². The predicted octanol–water partition coefficient (Wildman–Crippen LogP) is 1.88. The maximum absolute atomic E-state index is 12.4. The lowest BCUT2D eigenvalue weighted by molar-refractivity contribution is -0.168. The van der Waals surface area contributed by atoms with Crippen LogP contribution in [-0.2, 0) is 30.3 Å². The fraction of sp³-hybridized carbons (Fsp3) is 0.438. The molecule has 1 aromatic carbocycles. The molecule has 0 atom stereocenters. The van der Waals surface area contributed by atoms with Crippen LogP contribution >= 0.6 is 11.6 Å². The Morgan fingerprint density at radius 2 is 1.70 bits per heavy atom. The Balaban J connectivity index is 3.31. The average molecular weight is 342 g/mol. The molecule has 1 aromatic rings. The van der Waals surface area contributed by atoms with Crippen LogP contribution in [0.25, 0.3) is 0 Å². The Bertz CT molecular complexity index is 570. The van der Waals surface area contributed by atoms with Crippen LogP contribution in [-0.4, -0.2) is 36.6 Å². The van der Waals surface area contributed by atoms with Crippen LogP contribution in [0.5, 0.6) is 0 Å². The van der Waals surface area contributed by atoms with Crippen LogP contribution < -0.4 is 5.32 Å². The molecule has 1 rings (SSSR count). The van der Waals surface area contributed by atoms with Gasteiger partial charge in [0.15, 0.2) is 0 Å². The molecule has 1 N–H and O–H groups in total. The molecule has 1 amide bonds. The Morgan fingerprint density at radius 3 is 2.13 bits per heavy atom. The van der Waals surface area contributed by atoms with Crippen molar-refractivity contribution in [3.63, 3.8) is 0 Å². The van der Waals surface area contributed by atoms with Crippen LogP contribution in [0.1, 0.15) is 26.3 Å².